The first kappa shape index (κ1) is 94.1. The van der Waals surface area contributed by atoms with Crippen molar-refractivity contribution in [1.82, 2.24) is 51.8 Å². The zero-order valence-electron chi connectivity index (χ0n) is 64.9. The number of ether oxygens (including phenoxy) is 9. The van der Waals surface area contributed by atoms with Crippen LogP contribution in [-0.4, -0.2) is 199 Å². The van der Waals surface area contributed by atoms with E-state index in [2.05, 4.69) is 56.5 Å². The quantitative estimate of drug-likeness (QED) is 0.0123. The molecular weight excluding hydrogens is 1560 g/mol. The maximum atomic E-state index is 12.2. The van der Waals surface area contributed by atoms with Gasteiger partial charge in [0.1, 0.15) is 54.6 Å². The Kier molecular flexibility index (Phi) is 33.1. The summed E-state index contributed by atoms with van der Waals surface area (Å²) in [6.07, 6.45) is -3.88. The maximum absolute atomic E-state index is 12.2. The fourth-order valence-electron chi connectivity index (χ4n) is 8.59. The van der Waals surface area contributed by atoms with Crippen LogP contribution in [0.15, 0.2) is 74.0 Å². The van der Waals surface area contributed by atoms with Crippen LogP contribution in [0.5, 0.6) is 28.7 Å². The van der Waals surface area contributed by atoms with Gasteiger partial charge in [-0.15, -0.1) is 20.4 Å². The van der Waals surface area contributed by atoms with Crippen molar-refractivity contribution in [2.45, 2.75) is 171 Å². The van der Waals surface area contributed by atoms with Gasteiger partial charge in [0.05, 0.1) is 25.8 Å². The molecule has 630 valence electrons. The molecule has 0 fully saturated rings. The minimum atomic E-state index is -3.18. The highest BCUT2D eigenvalue weighted by Crippen LogP contribution is 2.38. The van der Waals surface area contributed by atoms with Crippen LogP contribution in [0, 0.1) is 75.1 Å². The van der Waals surface area contributed by atoms with E-state index in [1.165, 1.54) is 42.5 Å². The van der Waals surface area contributed by atoms with E-state index in [1.807, 2.05) is 0 Å². The molecule has 0 aliphatic carbocycles. The van der Waals surface area contributed by atoms with Crippen molar-refractivity contribution in [3.05, 3.63) is 130 Å². The molecule has 116 heavy (non-hydrogen) atoms. The lowest BCUT2D eigenvalue weighted by atomic mass is 10.1. The minimum absolute atomic E-state index is 0.106. The molecule has 46 nitrogen and oxygen atoms in total. The Morgan fingerprint density at radius 2 is 0.733 bits per heavy atom. The van der Waals surface area contributed by atoms with Crippen LogP contribution in [0.4, 0.5) is 50.7 Å². The van der Waals surface area contributed by atoms with Crippen molar-refractivity contribution >= 4 is 71.0 Å². The molecule has 3 aromatic heterocycles. The number of hydrogen-bond donors (Lipinski definition) is 8. The fraction of sp³-hybridized carbons (Fsp3) is 0.441. The number of carboxylic acid groups (broad SMARTS) is 4. The van der Waals surface area contributed by atoms with Gasteiger partial charge in [0.25, 0.3) is 0 Å². The number of nitrogens with zero attached hydrogens (tertiary/aromatic N) is 10. The molecule has 0 saturated heterocycles. The number of carbonyl (C=O) groups excluding carboxylic acids is 4. The van der Waals surface area contributed by atoms with E-state index < -0.39 is 176 Å². The third-order valence-corrected chi connectivity index (χ3v) is 13.4. The molecule has 4 atom stereocenters. The summed E-state index contributed by atoms with van der Waals surface area (Å²) in [4.78, 5) is 139. The number of hydrogen-bond acceptors (Lipinski definition) is 34. The molecule has 0 bridgehead atoms. The predicted octanol–water partition coefficient (Wildman–Crippen LogP) is 10.1. The van der Waals surface area contributed by atoms with Gasteiger partial charge in [-0.05, 0) is 144 Å². The van der Waals surface area contributed by atoms with Gasteiger partial charge >= 0.3 is 77.6 Å². The van der Waals surface area contributed by atoms with E-state index in [-0.39, 0.29) is 40.6 Å². The highest BCUT2D eigenvalue weighted by molar-refractivity contribution is 5.83. The molecule has 0 aliphatic rings. The summed E-state index contributed by atoms with van der Waals surface area (Å²) in [5, 5.41) is 110. The average Bonchev–Trinajstić information content (AvgIpc) is 1.50. The standard InChI is InChI=1S/2C18H22N4O8.C17H20N4O8.C15H18F2N2O8/c2*1-9-6-14(13(22(26)27)7-11(9)15-21-20-10(2)29-15)28-8-12(16(23)24)19-17(25)30-18(3,4)5;1-9-18-14(20-29-9)10-5-6-13(12(7-10)21(25)26)27-8-11(15(22)23)19-16(24)28-17(2,3)4;1-15(2,3)27-14(22)18-9(12(20)21)7-25-11-5-4-8(26-13(16)17)6-10(11)19(23)24/h2*6-7,12H,8H2,1-5H3,(H,19,25)(H,23,24);5-7,11H,8H2,1-4H3,(H,19,24)(H,22,23);4-6,9,13H,7H2,1-3H3,(H,18,22)(H,20,21)/t2*12-;11-;9-/m0000/s1. The van der Waals surface area contributed by atoms with Crippen LogP contribution in [0.1, 0.15) is 112 Å². The van der Waals surface area contributed by atoms with Crippen LogP contribution in [0.2, 0.25) is 0 Å². The summed E-state index contributed by atoms with van der Waals surface area (Å²) in [6, 6.07) is 5.69. The predicted molar refractivity (Wildman–Crippen MR) is 388 cm³/mol. The molecule has 8 N–H and O–H groups in total. The van der Waals surface area contributed by atoms with Crippen LogP contribution in [-0.2, 0) is 38.1 Å². The second kappa shape index (κ2) is 40.8. The van der Waals surface area contributed by atoms with E-state index in [9.17, 15) is 103 Å². The Morgan fingerprint density at radius 3 is 1.00 bits per heavy atom. The number of aliphatic carboxylic acids is 4. The third-order valence-electron chi connectivity index (χ3n) is 13.4. The first-order valence-electron chi connectivity index (χ1n) is 33.5. The number of benzene rings is 4. The molecule has 0 radical (unpaired) electrons. The number of aromatic nitrogens is 6. The SMILES string of the molecule is CC(C)(C)OC(=O)N[C@@H](COc1ccc(OC(F)F)cc1[N+](=O)[O-])C(=O)O.Cc1nc(-c2ccc(OC[C@H](NC(=O)OC(C)(C)C)C(=O)O)c([N+](=O)[O-])c2)no1.Cc1nnc(-c2cc([N+](=O)[O-])c(OC[C@H](NC(=O)OC(C)(C)C)C(=O)O)cc2C)o1.Cc1nnc(-c2cc([N+](=O)[O-])c(OC[C@H](NC(=O)OC(C)(C)C)C(=O)O)cc2C)o1. The molecule has 0 aliphatic heterocycles. The number of halogens is 2. The van der Waals surface area contributed by atoms with E-state index in [1.54, 1.807) is 118 Å². The lowest BCUT2D eigenvalue weighted by Crippen LogP contribution is -2.46. The lowest BCUT2D eigenvalue weighted by Gasteiger charge is -2.22. The number of rotatable bonds is 29. The van der Waals surface area contributed by atoms with E-state index in [0.29, 0.717) is 51.6 Å². The molecule has 0 spiro atoms. The second-order valence-corrected chi connectivity index (χ2v) is 27.8. The average molecular weight is 1650 g/mol. The number of alkyl carbamates (subject to hydrolysis) is 4. The number of nitrogens with one attached hydrogen (secondary N) is 4. The van der Waals surface area contributed by atoms with Crippen molar-refractivity contribution in [1.29, 1.82) is 0 Å². The minimum Gasteiger partial charge on any atom is -0.484 e. The van der Waals surface area contributed by atoms with Crippen molar-refractivity contribution in [2.24, 2.45) is 0 Å². The highest BCUT2D eigenvalue weighted by atomic mass is 19.3. The van der Waals surface area contributed by atoms with Crippen LogP contribution < -0.4 is 45.0 Å². The Labute approximate surface area is 654 Å². The van der Waals surface area contributed by atoms with Gasteiger partial charge in [0.15, 0.2) is 47.2 Å². The number of carboxylic acids is 4. The molecule has 3 heterocycles. The topological polar surface area (TPSA) is 638 Å². The van der Waals surface area contributed by atoms with E-state index in [4.69, 9.17) is 56.4 Å². The van der Waals surface area contributed by atoms with E-state index >= 15 is 0 Å². The van der Waals surface area contributed by atoms with Gasteiger partial charge in [0, 0.05) is 55.7 Å². The Balaban J connectivity index is 0.000000326. The largest absolute Gasteiger partial charge is 0.484 e. The van der Waals surface area contributed by atoms with Gasteiger partial charge in [-0.3, -0.25) is 40.5 Å². The fourth-order valence-corrected chi connectivity index (χ4v) is 8.59. The summed E-state index contributed by atoms with van der Waals surface area (Å²) in [7, 11) is 0. The van der Waals surface area contributed by atoms with Crippen molar-refractivity contribution in [3.63, 3.8) is 0 Å². The van der Waals surface area contributed by atoms with Gasteiger partial charge in [-0.25, -0.2) is 38.4 Å². The van der Waals surface area contributed by atoms with Crippen LogP contribution in [0.25, 0.3) is 34.3 Å². The Morgan fingerprint density at radius 1 is 0.431 bits per heavy atom. The molecule has 0 unspecified atom stereocenters. The molecule has 0 saturated carbocycles. The summed E-state index contributed by atoms with van der Waals surface area (Å²) in [5.41, 5.74) is -3.25. The normalized spacial score (nSPS) is 12.2. The molecule has 48 heteroatoms. The number of nitro benzene ring substituents is 4. The number of amides is 4. The molecule has 4 aromatic carbocycles. The summed E-state index contributed by atoms with van der Waals surface area (Å²) >= 11 is 0. The highest BCUT2D eigenvalue weighted by Gasteiger charge is 2.33. The summed E-state index contributed by atoms with van der Waals surface area (Å²) in [5.74, 6) is -5.77. The molecular formula is C68H82F2N14O32. The lowest BCUT2D eigenvalue weighted by molar-refractivity contribution is -0.386. The molecule has 4 amide bonds. The Hall–Kier alpha value is -14.3. The number of nitro groups is 4. The van der Waals surface area contributed by atoms with Gasteiger partial charge in [0.2, 0.25) is 35.3 Å². The van der Waals surface area contributed by atoms with Gasteiger partial charge < -0.3 is 97.7 Å². The molecule has 7 rings (SSSR count). The Bertz CT molecular complexity index is 4560. The van der Waals surface area contributed by atoms with Crippen molar-refractivity contribution < 1.29 is 143 Å². The number of alkyl halides is 2. The zero-order chi connectivity index (χ0) is 87.8. The monoisotopic (exact) mass is 1640 g/mol. The third kappa shape index (κ3) is 31.8. The smallest absolute Gasteiger partial charge is 0.408 e. The van der Waals surface area contributed by atoms with Crippen LogP contribution >= 0.6 is 0 Å². The summed E-state index contributed by atoms with van der Waals surface area (Å²) < 4.78 is 85.0. The summed E-state index contributed by atoms with van der Waals surface area (Å²) in [6.45, 7) is 21.8. The first-order chi connectivity index (χ1) is 53.6. The van der Waals surface area contributed by atoms with Crippen LogP contribution in [0.3, 0.4) is 0 Å². The number of aryl methyl sites for hydroxylation is 5. The van der Waals surface area contributed by atoms with Crippen molar-refractivity contribution in [3.8, 4) is 63.0 Å². The second-order valence-electron chi connectivity index (χ2n) is 27.8. The van der Waals surface area contributed by atoms with Gasteiger partial charge in [-0.1, -0.05) is 5.16 Å². The zero-order valence-corrected chi connectivity index (χ0v) is 64.9. The van der Waals surface area contributed by atoms with Crippen molar-refractivity contribution in [2.75, 3.05) is 26.4 Å². The first-order valence-corrected chi connectivity index (χ1v) is 33.5. The maximum Gasteiger partial charge on any atom is 0.408 e. The van der Waals surface area contributed by atoms with E-state index in [0.717, 1.165) is 12.1 Å². The molecule has 7 aromatic rings. The van der Waals surface area contributed by atoms with Gasteiger partial charge in [-0.2, -0.15) is 13.8 Å². The number of carbonyl (C=O) groups is 8.